The van der Waals surface area contributed by atoms with Crippen molar-refractivity contribution in [1.29, 1.82) is 0 Å². The lowest BCUT2D eigenvalue weighted by Gasteiger charge is -2.24. The van der Waals surface area contributed by atoms with E-state index < -0.39 is 0 Å². The number of ether oxygens (including phenoxy) is 1. The van der Waals surface area contributed by atoms with E-state index in [2.05, 4.69) is 43.4 Å². The molecule has 1 aliphatic rings. The van der Waals surface area contributed by atoms with Gasteiger partial charge in [-0.2, -0.15) is 5.10 Å². The van der Waals surface area contributed by atoms with Crippen molar-refractivity contribution in [3.8, 4) is 28.4 Å². The van der Waals surface area contributed by atoms with Gasteiger partial charge in [-0.25, -0.2) is 9.97 Å². The second-order valence-electron chi connectivity index (χ2n) is 7.49. The van der Waals surface area contributed by atoms with E-state index >= 15 is 0 Å². The number of pyridine rings is 1. The summed E-state index contributed by atoms with van der Waals surface area (Å²) in [6.07, 6.45) is 5.21. The molecule has 1 atom stereocenters. The minimum absolute atomic E-state index is 0.000409. The summed E-state index contributed by atoms with van der Waals surface area (Å²) >= 11 is 0. The highest BCUT2D eigenvalue weighted by Crippen LogP contribution is 2.24. The minimum Gasteiger partial charge on any atom is -0.481 e. The van der Waals surface area contributed by atoms with Gasteiger partial charge >= 0.3 is 0 Å². The second-order valence-corrected chi connectivity index (χ2v) is 7.49. The number of imidazole rings is 1. The number of H-pyrrole nitrogens is 1. The number of amides is 1. The van der Waals surface area contributed by atoms with E-state index in [1.165, 1.54) is 0 Å². The summed E-state index contributed by atoms with van der Waals surface area (Å²) in [5.74, 6) is 1.26. The highest BCUT2D eigenvalue weighted by molar-refractivity contribution is 5.98. The largest absolute Gasteiger partial charge is 0.481 e. The molecule has 0 aliphatic carbocycles. The number of carbonyl (C=O) groups is 1. The molecule has 0 fully saturated rings. The molecule has 0 spiro atoms. The fourth-order valence-corrected chi connectivity index (χ4v) is 3.89. The average molecular weight is 414 g/mol. The Morgan fingerprint density at radius 3 is 2.84 bits per heavy atom. The summed E-state index contributed by atoms with van der Waals surface area (Å²) < 4.78 is 7.36. The van der Waals surface area contributed by atoms with E-state index in [1.807, 2.05) is 30.3 Å². The number of rotatable bonds is 5. The van der Waals surface area contributed by atoms with Gasteiger partial charge in [0.05, 0.1) is 30.3 Å². The van der Waals surface area contributed by atoms with E-state index in [-0.39, 0.29) is 11.9 Å². The van der Waals surface area contributed by atoms with Crippen LogP contribution in [0.1, 0.15) is 22.7 Å². The number of benzene rings is 1. The molecule has 8 nitrogen and oxygen atoms in total. The Morgan fingerprint density at radius 2 is 2.00 bits per heavy atom. The summed E-state index contributed by atoms with van der Waals surface area (Å²) in [5, 5.41) is 10.00. The van der Waals surface area contributed by atoms with Crippen LogP contribution in [0.2, 0.25) is 0 Å². The first-order valence-electron chi connectivity index (χ1n) is 10.2. The van der Waals surface area contributed by atoms with Crippen LogP contribution in [0.25, 0.3) is 22.5 Å². The van der Waals surface area contributed by atoms with Gasteiger partial charge in [0.2, 0.25) is 5.88 Å². The number of carbonyl (C=O) groups excluding carboxylic acids is 1. The van der Waals surface area contributed by atoms with Gasteiger partial charge in [-0.1, -0.05) is 36.4 Å². The van der Waals surface area contributed by atoms with Crippen LogP contribution in [-0.4, -0.2) is 43.8 Å². The van der Waals surface area contributed by atoms with Crippen molar-refractivity contribution in [3.63, 3.8) is 0 Å². The SMILES string of the molecule is COc1cccc(-c2cn[nH]c2C(=O)NC2CCn3cc(-c4ccccc4)nc3C2)n1. The summed E-state index contributed by atoms with van der Waals surface area (Å²) in [5.41, 5.74) is 3.71. The van der Waals surface area contributed by atoms with Gasteiger partial charge < -0.3 is 14.6 Å². The van der Waals surface area contributed by atoms with Gasteiger partial charge in [0, 0.05) is 36.8 Å². The van der Waals surface area contributed by atoms with E-state index in [4.69, 9.17) is 9.72 Å². The molecular formula is C23H22N6O2. The first-order valence-corrected chi connectivity index (χ1v) is 10.2. The molecule has 0 radical (unpaired) electrons. The number of aromatic nitrogens is 5. The molecule has 3 aromatic heterocycles. The predicted molar refractivity (Wildman–Crippen MR) is 116 cm³/mol. The number of aromatic amines is 1. The third-order valence-electron chi connectivity index (χ3n) is 5.49. The molecule has 1 aromatic carbocycles. The van der Waals surface area contributed by atoms with Crippen molar-refractivity contribution in [2.75, 3.05) is 7.11 Å². The van der Waals surface area contributed by atoms with Crippen LogP contribution in [0.15, 0.2) is 60.9 Å². The topological polar surface area (TPSA) is 97.7 Å². The molecule has 5 rings (SSSR count). The Bertz CT molecular complexity index is 1210. The molecule has 4 aromatic rings. The lowest BCUT2D eigenvalue weighted by atomic mass is 10.1. The molecule has 8 heteroatoms. The van der Waals surface area contributed by atoms with Gasteiger partial charge in [-0.15, -0.1) is 0 Å². The maximum atomic E-state index is 13.0. The zero-order valence-corrected chi connectivity index (χ0v) is 17.1. The number of hydrogen-bond donors (Lipinski definition) is 2. The quantitative estimate of drug-likeness (QED) is 0.523. The third kappa shape index (κ3) is 3.79. The van der Waals surface area contributed by atoms with Crippen LogP contribution in [0, 0.1) is 0 Å². The highest BCUT2D eigenvalue weighted by atomic mass is 16.5. The van der Waals surface area contributed by atoms with Crippen LogP contribution in [0.3, 0.4) is 0 Å². The summed E-state index contributed by atoms with van der Waals surface area (Å²) in [7, 11) is 1.56. The molecule has 1 aliphatic heterocycles. The van der Waals surface area contributed by atoms with Crippen molar-refractivity contribution < 1.29 is 9.53 Å². The molecule has 4 heterocycles. The monoisotopic (exact) mass is 414 g/mol. The molecule has 0 saturated carbocycles. The van der Waals surface area contributed by atoms with Crippen LogP contribution in [0.4, 0.5) is 0 Å². The first-order chi connectivity index (χ1) is 15.2. The highest BCUT2D eigenvalue weighted by Gasteiger charge is 2.25. The molecule has 1 unspecified atom stereocenters. The molecule has 1 amide bonds. The first kappa shape index (κ1) is 19.0. The number of aryl methyl sites for hydroxylation is 1. The van der Waals surface area contributed by atoms with Crippen LogP contribution < -0.4 is 10.1 Å². The predicted octanol–water partition coefficient (Wildman–Crippen LogP) is 3.09. The van der Waals surface area contributed by atoms with Crippen LogP contribution in [0.5, 0.6) is 5.88 Å². The second kappa shape index (κ2) is 8.06. The summed E-state index contributed by atoms with van der Waals surface area (Å²) in [4.78, 5) is 22.2. The molecule has 31 heavy (non-hydrogen) atoms. The standard InChI is InChI=1S/C23H22N6O2/c1-31-21-9-5-8-18(27-21)17-13-24-28-22(17)23(30)25-16-10-11-29-14-19(26-20(29)12-16)15-6-3-2-4-7-15/h2-9,13-14,16H,10-12H2,1H3,(H,24,28)(H,25,30). The molecule has 2 N–H and O–H groups in total. The van der Waals surface area contributed by atoms with Crippen molar-refractivity contribution in [3.05, 3.63) is 72.4 Å². The van der Waals surface area contributed by atoms with Gasteiger partial charge in [-0.05, 0) is 12.5 Å². The maximum absolute atomic E-state index is 13.0. The van der Waals surface area contributed by atoms with Crippen LogP contribution in [-0.2, 0) is 13.0 Å². The van der Waals surface area contributed by atoms with E-state index in [0.717, 1.165) is 30.0 Å². The van der Waals surface area contributed by atoms with E-state index in [9.17, 15) is 4.79 Å². The fraction of sp³-hybridized carbons (Fsp3) is 0.217. The average Bonchev–Trinajstić information content (AvgIpc) is 3.47. The molecule has 156 valence electrons. The van der Waals surface area contributed by atoms with Crippen LogP contribution >= 0.6 is 0 Å². The summed E-state index contributed by atoms with van der Waals surface area (Å²) in [6.45, 7) is 0.813. The zero-order chi connectivity index (χ0) is 21.2. The van der Waals surface area contributed by atoms with E-state index in [1.54, 1.807) is 19.4 Å². The molecule has 0 bridgehead atoms. The minimum atomic E-state index is -0.203. The van der Waals surface area contributed by atoms with E-state index in [0.29, 0.717) is 29.3 Å². The lowest BCUT2D eigenvalue weighted by Crippen LogP contribution is -2.40. The number of nitrogens with zero attached hydrogens (tertiary/aromatic N) is 4. The maximum Gasteiger partial charge on any atom is 0.270 e. The number of methoxy groups -OCH3 is 1. The zero-order valence-electron chi connectivity index (χ0n) is 17.1. The van der Waals surface area contributed by atoms with Crippen molar-refractivity contribution in [2.24, 2.45) is 0 Å². The summed E-state index contributed by atoms with van der Waals surface area (Å²) in [6, 6.07) is 15.5. The Hall–Kier alpha value is -3.94. The van der Waals surface area contributed by atoms with Crippen molar-refractivity contribution in [1.82, 2.24) is 30.0 Å². The Labute approximate surface area is 179 Å². The van der Waals surface area contributed by atoms with Crippen molar-refractivity contribution >= 4 is 5.91 Å². The normalized spacial score (nSPS) is 15.3. The molecular weight excluding hydrogens is 392 g/mol. The number of nitrogens with one attached hydrogen (secondary N) is 2. The lowest BCUT2D eigenvalue weighted by molar-refractivity contribution is 0.0926. The van der Waals surface area contributed by atoms with Crippen molar-refractivity contribution in [2.45, 2.75) is 25.4 Å². The Balaban J connectivity index is 1.32. The Kier molecular flexibility index (Phi) is 4.95. The number of hydrogen-bond acceptors (Lipinski definition) is 5. The van der Waals surface area contributed by atoms with Gasteiger partial charge in [-0.3, -0.25) is 9.89 Å². The Morgan fingerprint density at radius 1 is 1.13 bits per heavy atom. The van der Waals surface area contributed by atoms with Gasteiger partial charge in [0.25, 0.3) is 5.91 Å². The third-order valence-corrected chi connectivity index (χ3v) is 5.49. The van der Waals surface area contributed by atoms with Gasteiger partial charge in [0.1, 0.15) is 11.5 Å². The fourth-order valence-electron chi connectivity index (χ4n) is 3.89. The van der Waals surface area contributed by atoms with Gasteiger partial charge in [0.15, 0.2) is 0 Å². The smallest absolute Gasteiger partial charge is 0.270 e. The number of fused-ring (bicyclic) bond motifs is 1. The molecule has 0 saturated heterocycles.